The summed E-state index contributed by atoms with van der Waals surface area (Å²) < 4.78 is 7.87. The van der Waals surface area contributed by atoms with Gasteiger partial charge in [0.15, 0.2) is 5.76 Å². The number of nitrogens with one attached hydrogen (secondary N) is 1. The fourth-order valence-corrected chi connectivity index (χ4v) is 2.95. The van der Waals surface area contributed by atoms with Crippen molar-refractivity contribution < 1.29 is 4.42 Å². The molecule has 3 aromatic heterocycles. The third-order valence-electron chi connectivity index (χ3n) is 4.21. The van der Waals surface area contributed by atoms with Crippen LogP contribution in [0.25, 0.3) is 28.1 Å². The van der Waals surface area contributed by atoms with Crippen molar-refractivity contribution in [2.45, 2.75) is 13.3 Å². The second-order valence-electron chi connectivity index (χ2n) is 5.65. The molecular formula is C19H16N4O. The van der Waals surface area contributed by atoms with Crippen molar-refractivity contribution >= 4 is 22.4 Å². The number of pyridine rings is 1. The second kappa shape index (κ2) is 5.43. The molecule has 0 amide bonds. The third-order valence-corrected chi connectivity index (χ3v) is 4.21. The molecule has 5 nitrogen and oxygen atoms in total. The van der Waals surface area contributed by atoms with Crippen molar-refractivity contribution in [2.24, 2.45) is 0 Å². The van der Waals surface area contributed by atoms with Gasteiger partial charge in [-0.15, -0.1) is 0 Å². The molecule has 0 unspecified atom stereocenters. The van der Waals surface area contributed by atoms with E-state index in [9.17, 15) is 0 Å². The molecule has 0 aliphatic carbocycles. The molecule has 0 saturated carbocycles. The SMILES string of the molecule is CCc1ccc2oc(-c3nc4ccc(C#N)cn4c3NC)cc2c1. The highest BCUT2D eigenvalue weighted by molar-refractivity contribution is 5.85. The van der Waals surface area contributed by atoms with E-state index in [1.54, 1.807) is 12.3 Å². The standard InChI is InChI=1S/C19H16N4O/c1-3-12-4-6-15-14(8-12)9-16(24-15)18-19(21-2)23-11-13(10-20)5-7-17(23)22-18/h4-9,11,21H,3H2,1-2H3. The van der Waals surface area contributed by atoms with Crippen molar-refractivity contribution in [3.63, 3.8) is 0 Å². The number of aryl methyl sites for hydroxylation is 1. The normalized spacial score (nSPS) is 11.0. The van der Waals surface area contributed by atoms with Crippen LogP contribution in [0.1, 0.15) is 18.1 Å². The summed E-state index contributed by atoms with van der Waals surface area (Å²) in [5, 5.41) is 13.3. The van der Waals surface area contributed by atoms with E-state index in [2.05, 4.69) is 35.4 Å². The first-order valence-electron chi connectivity index (χ1n) is 7.86. The number of benzene rings is 1. The van der Waals surface area contributed by atoms with Gasteiger partial charge in [-0.3, -0.25) is 4.40 Å². The van der Waals surface area contributed by atoms with Crippen LogP contribution in [0.5, 0.6) is 0 Å². The predicted octanol–water partition coefficient (Wildman–Crippen LogP) is 4.22. The Morgan fingerprint density at radius 2 is 2.12 bits per heavy atom. The highest BCUT2D eigenvalue weighted by Crippen LogP contribution is 2.33. The number of rotatable bonds is 3. The molecule has 0 bridgehead atoms. The quantitative estimate of drug-likeness (QED) is 0.614. The molecule has 0 atom stereocenters. The van der Waals surface area contributed by atoms with Gasteiger partial charge in [0, 0.05) is 18.6 Å². The van der Waals surface area contributed by atoms with Gasteiger partial charge in [0.2, 0.25) is 0 Å². The van der Waals surface area contributed by atoms with Gasteiger partial charge in [-0.05, 0) is 42.3 Å². The molecule has 4 aromatic rings. The summed E-state index contributed by atoms with van der Waals surface area (Å²) >= 11 is 0. The van der Waals surface area contributed by atoms with Crippen LogP contribution in [0.15, 0.2) is 47.0 Å². The van der Waals surface area contributed by atoms with Crippen LogP contribution in [0.2, 0.25) is 0 Å². The maximum atomic E-state index is 9.11. The van der Waals surface area contributed by atoms with Crippen molar-refractivity contribution in [1.29, 1.82) is 5.26 Å². The molecule has 0 saturated heterocycles. The fraction of sp³-hybridized carbons (Fsp3) is 0.158. The van der Waals surface area contributed by atoms with Crippen molar-refractivity contribution in [3.8, 4) is 17.5 Å². The van der Waals surface area contributed by atoms with E-state index >= 15 is 0 Å². The number of anilines is 1. The van der Waals surface area contributed by atoms with E-state index in [1.165, 1.54) is 5.56 Å². The minimum absolute atomic E-state index is 0.583. The lowest BCUT2D eigenvalue weighted by Crippen LogP contribution is -1.96. The molecule has 0 aliphatic heterocycles. The Hall–Kier alpha value is -3.26. The van der Waals surface area contributed by atoms with Crippen LogP contribution in [0, 0.1) is 11.3 Å². The Balaban J connectivity index is 1.94. The van der Waals surface area contributed by atoms with E-state index in [4.69, 9.17) is 9.68 Å². The maximum Gasteiger partial charge on any atom is 0.157 e. The molecule has 4 rings (SSSR count). The summed E-state index contributed by atoms with van der Waals surface area (Å²) in [7, 11) is 1.84. The smallest absolute Gasteiger partial charge is 0.157 e. The molecule has 5 heteroatoms. The van der Waals surface area contributed by atoms with E-state index in [0.29, 0.717) is 11.3 Å². The van der Waals surface area contributed by atoms with Gasteiger partial charge < -0.3 is 9.73 Å². The number of imidazole rings is 1. The zero-order valence-corrected chi connectivity index (χ0v) is 13.5. The second-order valence-corrected chi connectivity index (χ2v) is 5.65. The molecule has 24 heavy (non-hydrogen) atoms. The van der Waals surface area contributed by atoms with E-state index in [0.717, 1.165) is 34.5 Å². The van der Waals surface area contributed by atoms with Gasteiger partial charge in [-0.1, -0.05) is 13.0 Å². The largest absolute Gasteiger partial charge is 0.454 e. The topological polar surface area (TPSA) is 66.3 Å². The average Bonchev–Trinajstić information content (AvgIpc) is 3.20. The number of nitrogens with zero attached hydrogens (tertiary/aromatic N) is 3. The molecule has 1 N–H and O–H groups in total. The molecule has 118 valence electrons. The Bertz CT molecular complexity index is 1100. The zero-order valence-electron chi connectivity index (χ0n) is 13.5. The monoisotopic (exact) mass is 316 g/mol. The Morgan fingerprint density at radius 1 is 1.25 bits per heavy atom. The number of fused-ring (bicyclic) bond motifs is 2. The molecular weight excluding hydrogens is 300 g/mol. The number of hydrogen-bond donors (Lipinski definition) is 1. The van der Waals surface area contributed by atoms with E-state index in [1.807, 2.05) is 29.6 Å². The van der Waals surface area contributed by atoms with E-state index in [-0.39, 0.29) is 0 Å². The fourth-order valence-electron chi connectivity index (χ4n) is 2.95. The van der Waals surface area contributed by atoms with Crippen LogP contribution >= 0.6 is 0 Å². The summed E-state index contributed by atoms with van der Waals surface area (Å²) in [6.45, 7) is 2.14. The third kappa shape index (κ3) is 2.12. The number of nitriles is 1. The summed E-state index contributed by atoms with van der Waals surface area (Å²) in [5.74, 6) is 1.52. The first-order valence-corrected chi connectivity index (χ1v) is 7.86. The molecule has 0 spiro atoms. The van der Waals surface area contributed by atoms with Gasteiger partial charge in [-0.25, -0.2) is 4.98 Å². The Labute approximate surface area is 139 Å². The highest BCUT2D eigenvalue weighted by atomic mass is 16.3. The first kappa shape index (κ1) is 14.3. The van der Waals surface area contributed by atoms with Gasteiger partial charge in [0.1, 0.15) is 28.8 Å². The number of aromatic nitrogens is 2. The minimum atomic E-state index is 0.583. The minimum Gasteiger partial charge on any atom is -0.454 e. The lowest BCUT2D eigenvalue weighted by Gasteiger charge is -2.02. The first-order chi connectivity index (χ1) is 11.7. The summed E-state index contributed by atoms with van der Waals surface area (Å²) in [6, 6.07) is 14.0. The highest BCUT2D eigenvalue weighted by Gasteiger charge is 2.17. The van der Waals surface area contributed by atoms with Crippen LogP contribution in [-0.4, -0.2) is 16.4 Å². The average molecular weight is 316 g/mol. The van der Waals surface area contributed by atoms with Crippen molar-refractivity contribution in [3.05, 3.63) is 53.7 Å². The lowest BCUT2D eigenvalue weighted by molar-refractivity contribution is 0.629. The summed E-state index contributed by atoms with van der Waals surface area (Å²) in [4.78, 5) is 4.66. The number of hydrogen-bond acceptors (Lipinski definition) is 4. The predicted molar refractivity (Wildman–Crippen MR) is 94.0 cm³/mol. The Morgan fingerprint density at radius 3 is 2.88 bits per heavy atom. The summed E-state index contributed by atoms with van der Waals surface area (Å²) in [6.07, 6.45) is 2.76. The van der Waals surface area contributed by atoms with Crippen LogP contribution in [0.4, 0.5) is 5.82 Å². The Kier molecular flexibility index (Phi) is 3.24. The van der Waals surface area contributed by atoms with Gasteiger partial charge in [0.25, 0.3) is 0 Å². The zero-order chi connectivity index (χ0) is 16.7. The maximum absolute atomic E-state index is 9.11. The summed E-state index contributed by atoms with van der Waals surface area (Å²) in [5.41, 5.74) is 4.21. The number of furan rings is 1. The lowest BCUT2D eigenvalue weighted by atomic mass is 10.1. The molecule has 0 radical (unpaired) electrons. The van der Waals surface area contributed by atoms with Crippen LogP contribution in [0.3, 0.4) is 0 Å². The van der Waals surface area contributed by atoms with Crippen LogP contribution < -0.4 is 5.32 Å². The molecule has 3 heterocycles. The molecule has 1 aromatic carbocycles. The van der Waals surface area contributed by atoms with Crippen LogP contribution in [-0.2, 0) is 6.42 Å². The molecule has 0 fully saturated rings. The van der Waals surface area contributed by atoms with Crippen molar-refractivity contribution in [2.75, 3.05) is 12.4 Å². The van der Waals surface area contributed by atoms with Gasteiger partial charge in [0.05, 0.1) is 5.56 Å². The van der Waals surface area contributed by atoms with Gasteiger partial charge >= 0.3 is 0 Å². The van der Waals surface area contributed by atoms with Crippen molar-refractivity contribution in [1.82, 2.24) is 9.38 Å². The van der Waals surface area contributed by atoms with E-state index < -0.39 is 0 Å². The van der Waals surface area contributed by atoms with Gasteiger partial charge in [-0.2, -0.15) is 5.26 Å². The molecule has 0 aliphatic rings.